The average Bonchev–Trinajstić information content (AvgIpc) is 2.69. The van der Waals surface area contributed by atoms with Crippen molar-refractivity contribution in [3.63, 3.8) is 0 Å². The van der Waals surface area contributed by atoms with Crippen LogP contribution in [0.5, 0.6) is 0 Å². The van der Waals surface area contributed by atoms with E-state index in [9.17, 15) is 0 Å². The van der Waals surface area contributed by atoms with E-state index in [1.165, 1.54) is 18.5 Å². The van der Waals surface area contributed by atoms with Gasteiger partial charge in [-0.1, -0.05) is 0 Å². The van der Waals surface area contributed by atoms with Crippen molar-refractivity contribution < 1.29 is 0 Å². The lowest BCUT2D eigenvalue weighted by atomic mass is 9.91. The van der Waals surface area contributed by atoms with Gasteiger partial charge in [-0.25, -0.2) is 9.97 Å². The Labute approximate surface area is 149 Å². The second kappa shape index (κ2) is 7.45. The molecule has 0 saturated carbocycles. The maximum Gasteiger partial charge on any atom is 0.225 e. The van der Waals surface area contributed by atoms with E-state index in [4.69, 9.17) is 9.97 Å². The third kappa shape index (κ3) is 3.65. The highest BCUT2D eigenvalue weighted by Crippen LogP contribution is 2.32. The molecule has 0 aromatic carbocycles. The fourth-order valence-corrected chi connectivity index (χ4v) is 3.69. The Kier molecular flexibility index (Phi) is 4.90. The molecule has 2 fully saturated rings. The van der Waals surface area contributed by atoms with Gasteiger partial charge in [0.1, 0.15) is 0 Å². The highest BCUT2D eigenvalue weighted by molar-refractivity contribution is 5.66. The van der Waals surface area contributed by atoms with Crippen LogP contribution in [-0.2, 0) is 0 Å². The summed E-state index contributed by atoms with van der Waals surface area (Å²) in [6, 6.07) is 4.10. The minimum atomic E-state index is 0.450. The van der Waals surface area contributed by atoms with Gasteiger partial charge in [-0.3, -0.25) is 4.98 Å². The van der Waals surface area contributed by atoms with E-state index in [0.717, 1.165) is 56.3 Å². The summed E-state index contributed by atoms with van der Waals surface area (Å²) in [5.74, 6) is 1.33. The van der Waals surface area contributed by atoms with Crippen molar-refractivity contribution in [1.29, 1.82) is 0 Å². The van der Waals surface area contributed by atoms with Gasteiger partial charge in [0.25, 0.3) is 0 Å². The van der Waals surface area contributed by atoms with Crippen LogP contribution in [0.3, 0.4) is 0 Å². The largest absolute Gasteiger partial charge is 0.338 e. The van der Waals surface area contributed by atoms with Gasteiger partial charge in [0.2, 0.25) is 5.95 Å². The highest BCUT2D eigenvalue weighted by atomic mass is 15.3. The summed E-state index contributed by atoms with van der Waals surface area (Å²) < 4.78 is 0. The molecule has 2 aliphatic heterocycles. The maximum absolute atomic E-state index is 5.06. The molecule has 1 atom stereocenters. The van der Waals surface area contributed by atoms with Crippen LogP contribution < -0.4 is 10.2 Å². The third-order valence-electron chi connectivity index (χ3n) is 5.27. The molecule has 0 radical (unpaired) electrons. The van der Waals surface area contributed by atoms with Crippen LogP contribution in [-0.4, -0.2) is 66.2 Å². The predicted octanol–water partition coefficient (Wildman–Crippen LogP) is 1.76. The number of pyridine rings is 1. The van der Waals surface area contributed by atoms with Crippen molar-refractivity contribution in [2.75, 3.05) is 51.2 Å². The first-order chi connectivity index (χ1) is 12.3. The topological polar surface area (TPSA) is 57.2 Å². The van der Waals surface area contributed by atoms with Gasteiger partial charge in [0.15, 0.2) is 0 Å². The highest BCUT2D eigenvalue weighted by Gasteiger charge is 2.24. The molecule has 6 nitrogen and oxygen atoms in total. The van der Waals surface area contributed by atoms with Crippen molar-refractivity contribution in [2.24, 2.45) is 0 Å². The SMILES string of the molecule is CN1CCN(c2ncc(-c3ccncc3)c([C@@H]3CCCNC3)n2)CC1. The van der Waals surface area contributed by atoms with Gasteiger partial charge in [0.05, 0.1) is 5.69 Å². The van der Waals surface area contributed by atoms with Crippen LogP contribution in [0.1, 0.15) is 24.5 Å². The molecule has 132 valence electrons. The number of rotatable bonds is 3. The molecule has 0 amide bonds. The number of nitrogens with zero attached hydrogens (tertiary/aromatic N) is 5. The molecule has 0 bridgehead atoms. The first kappa shape index (κ1) is 16.4. The first-order valence-electron chi connectivity index (χ1n) is 9.23. The Hall–Kier alpha value is -2.05. The summed E-state index contributed by atoms with van der Waals surface area (Å²) in [6.07, 6.45) is 8.08. The van der Waals surface area contributed by atoms with E-state index < -0.39 is 0 Å². The van der Waals surface area contributed by atoms with E-state index in [-0.39, 0.29) is 0 Å². The molecule has 2 saturated heterocycles. The molecule has 0 aliphatic carbocycles. The smallest absolute Gasteiger partial charge is 0.225 e. The predicted molar refractivity (Wildman–Crippen MR) is 99.8 cm³/mol. The summed E-state index contributed by atoms with van der Waals surface area (Å²) in [5, 5.41) is 3.52. The number of nitrogens with one attached hydrogen (secondary N) is 1. The van der Waals surface area contributed by atoms with Crippen molar-refractivity contribution in [1.82, 2.24) is 25.2 Å². The Balaban J connectivity index is 1.69. The van der Waals surface area contributed by atoms with E-state index in [2.05, 4.69) is 27.1 Å². The summed E-state index contributed by atoms with van der Waals surface area (Å²) in [7, 11) is 2.17. The number of likely N-dealkylation sites (N-methyl/N-ethyl adjacent to an activating group) is 1. The van der Waals surface area contributed by atoms with Crippen molar-refractivity contribution in [2.45, 2.75) is 18.8 Å². The minimum Gasteiger partial charge on any atom is -0.338 e. The minimum absolute atomic E-state index is 0.450. The normalized spacial score (nSPS) is 22.1. The van der Waals surface area contributed by atoms with E-state index >= 15 is 0 Å². The fraction of sp³-hybridized carbons (Fsp3) is 0.526. The van der Waals surface area contributed by atoms with Gasteiger partial charge in [-0.2, -0.15) is 0 Å². The summed E-state index contributed by atoms with van der Waals surface area (Å²) in [5.41, 5.74) is 3.48. The lowest BCUT2D eigenvalue weighted by Crippen LogP contribution is -2.45. The van der Waals surface area contributed by atoms with E-state index in [1.54, 1.807) is 0 Å². The van der Waals surface area contributed by atoms with Gasteiger partial charge in [-0.05, 0) is 44.1 Å². The molecule has 0 spiro atoms. The van der Waals surface area contributed by atoms with Gasteiger partial charge in [0, 0.05) is 62.8 Å². The second-order valence-electron chi connectivity index (χ2n) is 7.04. The number of piperidine rings is 1. The van der Waals surface area contributed by atoms with E-state index in [1.807, 2.05) is 30.7 Å². The van der Waals surface area contributed by atoms with Crippen LogP contribution in [0.15, 0.2) is 30.7 Å². The zero-order valence-electron chi connectivity index (χ0n) is 14.9. The lowest BCUT2D eigenvalue weighted by Gasteiger charge is -2.33. The zero-order chi connectivity index (χ0) is 17.1. The van der Waals surface area contributed by atoms with Crippen molar-refractivity contribution >= 4 is 5.95 Å². The summed E-state index contributed by atoms with van der Waals surface area (Å²) in [4.78, 5) is 18.6. The molecule has 25 heavy (non-hydrogen) atoms. The van der Waals surface area contributed by atoms with E-state index in [0.29, 0.717) is 5.92 Å². The molecule has 2 aromatic heterocycles. The van der Waals surface area contributed by atoms with Crippen molar-refractivity contribution in [3.05, 3.63) is 36.4 Å². The Morgan fingerprint density at radius 2 is 1.92 bits per heavy atom. The molecule has 2 aromatic rings. The Bertz CT molecular complexity index is 690. The number of anilines is 1. The molecule has 4 rings (SSSR count). The van der Waals surface area contributed by atoms with Gasteiger partial charge in [-0.15, -0.1) is 0 Å². The van der Waals surface area contributed by atoms with Crippen molar-refractivity contribution in [3.8, 4) is 11.1 Å². The number of hydrogen-bond acceptors (Lipinski definition) is 6. The quantitative estimate of drug-likeness (QED) is 0.920. The number of hydrogen-bond donors (Lipinski definition) is 1. The summed E-state index contributed by atoms with van der Waals surface area (Å²) in [6.45, 7) is 6.22. The lowest BCUT2D eigenvalue weighted by molar-refractivity contribution is 0.311. The Morgan fingerprint density at radius 1 is 1.12 bits per heavy atom. The number of aromatic nitrogens is 3. The molecule has 4 heterocycles. The molecule has 6 heteroatoms. The van der Waals surface area contributed by atoms with Crippen LogP contribution in [0.4, 0.5) is 5.95 Å². The second-order valence-corrected chi connectivity index (χ2v) is 7.04. The fourth-order valence-electron chi connectivity index (χ4n) is 3.69. The Morgan fingerprint density at radius 3 is 2.64 bits per heavy atom. The number of piperazine rings is 1. The molecular weight excluding hydrogens is 312 g/mol. The zero-order valence-corrected chi connectivity index (χ0v) is 14.9. The molecular formula is C19H26N6. The monoisotopic (exact) mass is 338 g/mol. The third-order valence-corrected chi connectivity index (χ3v) is 5.27. The van der Waals surface area contributed by atoms with Gasteiger partial charge >= 0.3 is 0 Å². The molecule has 1 N–H and O–H groups in total. The van der Waals surface area contributed by atoms with Crippen LogP contribution in [0.25, 0.3) is 11.1 Å². The summed E-state index contributed by atoms with van der Waals surface area (Å²) >= 11 is 0. The van der Waals surface area contributed by atoms with Gasteiger partial charge < -0.3 is 15.1 Å². The first-order valence-corrected chi connectivity index (χ1v) is 9.23. The average molecular weight is 338 g/mol. The molecule has 0 unspecified atom stereocenters. The van der Waals surface area contributed by atoms with Crippen LogP contribution in [0, 0.1) is 0 Å². The van der Waals surface area contributed by atoms with Crippen LogP contribution >= 0.6 is 0 Å². The standard InChI is InChI=1S/C19H26N6/c1-24-9-11-25(12-10-24)19-22-14-17(15-4-7-20-8-5-15)18(23-19)16-3-2-6-21-13-16/h4-5,7-8,14,16,21H,2-3,6,9-13H2,1H3/t16-/m1/s1. The van der Waals surface area contributed by atoms with Crippen LogP contribution in [0.2, 0.25) is 0 Å². The maximum atomic E-state index is 5.06. The molecule has 2 aliphatic rings.